The van der Waals surface area contributed by atoms with Crippen LogP contribution in [0.15, 0.2) is 47.1 Å². The fourth-order valence-electron chi connectivity index (χ4n) is 3.34. The van der Waals surface area contributed by atoms with E-state index in [1.165, 1.54) is 0 Å². The van der Waals surface area contributed by atoms with Crippen molar-refractivity contribution in [3.05, 3.63) is 68.8 Å². The molecule has 0 atom stereocenters. The van der Waals surface area contributed by atoms with E-state index in [0.29, 0.717) is 24.4 Å². The zero-order chi connectivity index (χ0) is 20.3. The van der Waals surface area contributed by atoms with Gasteiger partial charge in [-0.15, -0.1) is 0 Å². The Bertz CT molecular complexity index is 1030. The van der Waals surface area contributed by atoms with Crippen LogP contribution < -0.4 is 5.73 Å². The molecule has 0 fully saturated rings. The van der Waals surface area contributed by atoms with Crippen LogP contribution in [0.25, 0.3) is 10.9 Å². The van der Waals surface area contributed by atoms with E-state index in [2.05, 4.69) is 20.5 Å². The molecule has 1 amide bonds. The van der Waals surface area contributed by atoms with Crippen LogP contribution in [-0.2, 0) is 29.0 Å². The number of benzene rings is 2. The van der Waals surface area contributed by atoms with Gasteiger partial charge in [-0.2, -0.15) is 0 Å². The minimum absolute atomic E-state index is 0.0845. The number of primary amides is 1. The maximum Gasteiger partial charge on any atom is 0.303 e. The number of hydrogen-bond donors (Lipinski definition) is 2. The molecule has 28 heavy (non-hydrogen) atoms. The van der Waals surface area contributed by atoms with Crippen molar-refractivity contribution >= 4 is 50.3 Å². The van der Waals surface area contributed by atoms with Gasteiger partial charge >= 0.3 is 5.97 Å². The highest BCUT2D eigenvalue weighted by atomic mass is 79.9. The molecule has 0 aliphatic heterocycles. The van der Waals surface area contributed by atoms with Gasteiger partial charge in [-0.3, -0.25) is 9.59 Å². The Labute approximate surface area is 176 Å². The van der Waals surface area contributed by atoms with Crippen molar-refractivity contribution in [1.82, 2.24) is 4.57 Å². The first-order chi connectivity index (χ1) is 13.4. The number of rotatable bonds is 8. The molecule has 7 heteroatoms. The van der Waals surface area contributed by atoms with E-state index in [1.54, 1.807) is 0 Å². The summed E-state index contributed by atoms with van der Waals surface area (Å²) in [6.45, 7) is 0.616. The van der Waals surface area contributed by atoms with Crippen molar-refractivity contribution in [3.8, 4) is 0 Å². The van der Waals surface area contributed by atoms with Crippen LogP contribution in [0.4, 0.5) is 0 Å². The monoisotopic (exact) mass is 462 g/mol. The van der Waals surface area contributed by atoms with Crippen LogP contribution in [0.5, 0.6) is 0 Å². The Morgan fingerprint density at radius 3 is 2.54 bits per heavy atom. The lowest BCUT2D eigenvalue weighted by atomic mass is 10.0. The number of fused-ring (bicyclic) bond motifs is 1. The molecule has 0 unspecified atom stereocenters. The fraction of sp³-hybridized carbons (Fsp3) is 0.238. The molecule has 0 bridgehead atoms. The Morgan fingerprint density at radius 1 is 1.18 bits per heavy atom. The van der Waals surface area contributed by atoms with Gasteiger partial charge in [-0.05, 0) is 52.0 Å². The highest BCUT2D eigenvalue weighted by Gasteiger charge is 2.19. The highest BCUT2D eigenvalue weighted by Crippen LogP contribution is 2.35. The first kappa shape index (κ1) is 20.4. The molecular weight excluding hydrogens is 444 g/mol. The number of halogens is 2. The average molecular weight is 464 g/mol. The number of aliphatic carboxylic acids is 1. The molecule has 0 radical (unpaired) electrons. The normalized spacial score (nSPS) is 11.1. The predicted molar refractivity (Wildman–Crippen MR) is 114 cm³/mol. The third kappa shape index (κ3) is 4.56. The summed E-state index contributed by atoms with van der Waals surface area (Å²) >= 11 is 10.1. The number of nitrogens with zero attached hydrogens (tertiary/aromatic N) is 1. The van der Waals surface area contributed by atoms with Crippen LogP contribution >= 0.6 is 27.5 Å². The molecule has 146 valence electrons. The third-order valence-electron chi connectivity index (χ3n) is 4.64. The zero-order valence-electron chi connectivity index (χ0n) is 15.1. The largest absolute Gasteiger partial charge is 0.481 e. The third-order valence-corrected chi connectivity index (χ3v) is 5.90. The lowest BCUT2D eigenvalue weighted by Gasteiger charge is -2.09. The zero-order valence-corrected chi connectivity index (χ0v) is 17.5. The van der Waals surface area contributed by atoms with Crippen molar-refractivity contribution < 1.29 is 14.7 Å². The summed E-state index contributed by atoms with van der Waals surface area (Å²) in [7, 11) is 0. The second-order valence-corrected chi connectivity index (χ2v) is 7.85. The number of aryl methyl sites for hydroxylation is 1. The number of carboxylic acids is 1. The molecule has 0 saturated carbocycles. The standard InChI is InChI=1S/C21H20BrClN2O3/c22-21-16(10-19(24)26)15-9-14(7-4-8-20(27)28)17(23)11-18(15)25(21)12-13-5-2-1-3-6-13/h1-3,5-6,9,11H,4,7-8,10,12H2,(H2,24,26)(H,27,28). The predicted octanol–water partition coefficient (Wildman–Crippen LogP) is 4.54. The number of carbonyl (C=O) groups excluding carboxylic acids is 1. The van der Waals surface area contributed by atoms with Crippen molar-refractivity contribution in [3.63, 3.8) is 0 Å². The molecule has 1 heterocycles. The van der Waals surface area contributed by atoms with E-state index in [0.717, 1.165) is 32.2 Å². The molecule has 0 spiro atoms. The number of carboxylic acid groups (broad SMARTS) is 1. The molecule has 0 aliphatic rings. The van der Waals surface area contributed by atoms with E-state index in [1.807, 2.05) is 42.5 Å². The molecule has 0 saturated heterocycles. The minimum atomic E-state index is -0.830. The summed E-state index contributed by atoms with van der Waals surface area (Å²) in [5.41, 5.74) is 9.17. The molecule has 5 nitrogen and oxygen atoms in total. The van der Waals surface area contributed by atoms with Crippen molar-refractivity contribution in [2.75, 3.05) is 0 Å². The van der Waals surface area contributed by atoms with E-state index >= 15 is 0 Å². The van der Waals surface area contributed by atoms with Gasteiger partial charge in [0.05, 0.1) is 16.5 Å². The number of carbonyl (C=O) groups is 2. The fourth-order valence-corrected chi connectivity index (χ4v) is 4.26. The molecule has 3 aromatic rings. The molecular formula is C21H20BrClN2O3. The van der Waals surface area contributed by atoms with Crippen LogP contribution in [0, 0.1) is 0 Å². The second kappa shape index (κ2) is 8.80. The van der Waals surface area contributed by atoms with Gasteiger partial charge in [0.15, 0.2) is 0 Å². The smallest absolute Gasteiger partial charge is 0.303 e. The van der Waals surface area contributed by atoms with Gasteiger partial charge in [-0.25, -0.2) is 0 Å². The molecule has 1 aromatic heterocycles. The van der Waals surface area contributed by atoms with Crippen LogP contribution in [0.1, 0.15) is 29.5 Å². The number of aromatic nitrogens is 1. The lowest BCUT2D eigenvalue weighted by molar-refractivity contribution is -0.137. The quantitative estimate of drug-likeness (QED) is 0.514. The second-order valence-electron chi connectivity index (χ2n) is 6.69. The van der Waals surface area contributed by atoms with Gasteiger partial charge in [0, 0.05) is 28.9 Å². The van der Waals surface area contributed by atoms with E-state index in [-0.39, 0.29) is 12.8 Å². The van der Waals surface area contributed by atoms with Crippen LogP contribution in [0.2, 0.25) is 5.02 Å². The van der Waals surface area contributed by atoms with Crippen LogP contribution in [-0.4, -0.2) is 21.6 Å². The minimum Gasteiger partial charge on any atom is -0.481 e. The van der Waals surface area contributed by atoms with Crippen LogP contribution in [0.3, 0.4) is 0 Å². The van der Waals surface area contributed by atoms with Gasteiger partial charge in [0.2, 0.25) is 5.91 Å². The SMILES string of the molecule is NC(=O)Cc1c(Br)n(Cc2ccccc2)c2cc(Cl)c(CCCC(=O)O)cc12. The lowest BCUT2D eigenvalue weighted by Crippen LogP contribution is -2.14. The van der Waals surface area contributed by atoms with Gasteiger partial charge in [0.25, 0.3) is 0 Å². The maximum absolute atomic E-state index is 11.6. The number of hydrogen-bond acceptors (Lipinski definition) is 2. The first-order valence-corrected chi connectivity index (χ1v) is 10.1. The number of nitrogens with two attached hydrogens (primary N) is 1. The van der Waals surface area contributed by atoms with Crippen molar-refractivity contribution in [2.45, 2.75) is 32.2 Å². The Balaban J connectivity index is 2.07. The van der Waals surface area contributed by atoms with Crippen molar-refractivity contribution in [2.24, 2.45) is 5.73 Å². The molecule has 0 aliphatic carbocycles. The summed E-state index contributed by atoms with van der Waals surface area (Å²) in [6.07, 6.45) is 1.24. The van der Waals surface area contributed by atoms with E-state index in [9.17, 15) is 9.59 Å². The van der Waals surface area contributed by atoms with E-state index in [4.69, 9.17) is 22.4 Å². The highest BCUT2D eigenvalue weighted by molar-refractivity contribution is 9.10. The maximum atomic E-state index is 11.6. The summed E-state index contributed by atoms with van der Waals surface area (Å²) in [5.74, 6) is -1.25. The van der Waals surface area contributed by atoms with Gasteiger partial charge in [0.1, 0.15) is 0 Å². The molecule has 3 rings (SSSR count). The van der Waals surface area contributed by atoms with Gasteiger partial charge < -0.3 is 15.4 Å². The molecule has 3 N–H and O–H groups in total. The Hall–Kier alpha value is -2.31. The van der Waals surface area contributed by atoms with Crippen molar-refractivity contribution in [1.29, 1.82) is 0 Å². The summed E-state index contributed by atoms with van der Waals surface area (Å²) < 4.78 is 2.86. The summed E-state index contributed by atoms with van der Waals surface area (Å²) in [4.78, 5) is 22.4. The first-order valence-electron chi connectivity index (χ1n) is 8.90. The van der Waals surface area contributed by atoms with E-state index < -0.39 is 11.9 Å². The number of amides is 1. The Kier molecular flexibility index (Phi) is 6.42. The summed E-state index contributed by atoms with van der Waals surface area (Å²) in [6, 6.07) is 13.8. The molecule has 2 aromatic carbocycles. The van der Waals surface area contributed by atoms with Gasteiger partial charge in [-0.1, -0.05) is 41.9 Å². The average Bonchev–Trinajstić information content (AvgIpc) is 2.87. The topological polar surface area (TPSA) is 85.3 Å². The Morgan fingerprint density at radius 2 is 1.89 bits per heavy atom. The summed E-state index contributed by atoms with van der Waals surface area (Å²) in [5, 5.41) is 10.3.